The maximum atomic E-state index is 13.4. The number of rotatable bonds is 2. The van der Waals surface area contributed by atoms with E-state index in [1.165, 1.54) is 12.2 Å². The summed E-state index contributed by atoms with van der Waals surface area (Å²) in [6, 6.07) is 3.25. The van der Waals surface area contributed by atoms with Gasteiger partial charge in [-0.1, -0.05) is 19.1 Å². The van der Waals surface area contributed by atoms with Crippen molar-refractivity contribution in [1.82, 2.24) is 4.98 Å². The number of ketones is 1. The standard InChI is InChI=1S/C22H19F6NO3/c1-11-17(30)9-14-10-18(11)31-32-20(14,2)6-5-12-7-19(22(26,27)28)29-16-8-13(21(23,24)25)3-4-15(12)16/h3-8,11,14,18H,9-10H2,1-2H3/b6-5-. The first-order valence-corrected chi connectivity index (χ1v) is 9.93. The van der Waals surface area contributed by atoms with Crippen LogP contribution in [-0.4, -0.2) is 22.5 Å². The molecule has 2 fully saturated rings. The largest absolute Gasteiger partial charge is 0.433 e. The van der Waals surface area contributed by atoms with Crippen LogP contribution in [0.1, 0.15) is 43.5 Å². The molecule has 2 bridgehead atoms. The molecule has 0 N–H and O–H groups in total. The van der Waals surface area contributed by atoms with E-state index in [0.29, 0.717) is 12.5 Å². The second-order valence-electron chi connectivity index (χ2n) is 8.45. The van der Waals surface area contributed by atoms with Gasteiger partial charge in [-0.3, -0.25) is 4.79 Å². The molecule has 4 nitrogen and oxygen atoms in total. The molecule has 32 heavy (non-hydrogen) atoms. The van der Waals surface area contributed by atoms with Crippen molar-refractivity contribution >= 4 is 22.8 Å². The van der Waals surface area contributed by atoms with Crippen LogP contribution in [0.3, 0.4) is 0 Å². The highest BCUT2D eigenvalue weighted by molar-refractivity contribution is 5.89. The minimum atomic E-state index is -4.85. The van der Waals surface area contributed by atoms with Gasteiger partial charge in [0, 0.05) is 23.6 Å². The smallest absolute Gasteiger partial charge is 0.299 e. The number of nitrogens with zero attached hydrogens (tertiary/aromatic N) is 1. The quantitative estimate of drug-likeness (QED) is 0.409. The first-order chi connectivity index (χ1) is 14.8. The van der Waals surface area contributed by atoms with Gasteiger partial charge in [0.1, 0.15) is 23.2 Å². The van der Waals surface area contributed by atoms with Crippen LogP contribution in [0.15, 0.2) is 30.3 Å². The topological polar surface area (TPSA) is 48.4 Å². The zero-order chi connectivity index (χ0) is 23.5. The van der Waals surface area contributed by atoms with Gasteiger partial charge in [0.25, 0.3) is 0 Å². The Hall–Kier alpha value is -2.46. The maximum Gasteiger partial charge on any atom is 0.433 e. The van der Waals surface area contributed by atoms with Gasteiger partial charge in [-0.2, -0.15) is 26.3 Å². The van der Waals surface area contributed by atoms with Gasteiger partial charge in [0.2, 0.25) is 0 Å². The predicted octanol–water partition coefficient (Wildman–Crippen LogP) is 5.99. The number of hydrogen-bond acceptors (Lipinski definition) is 4. The minimum absolute atomic E-state index is 0.0163. The van der Waals surface area contributed by atoms with Gasteiger partial charge in [-0.05, 0) is 43.2 Å². The molecule has 1 saturated heterocycles. The van der Waals surface area contributed by atoms with Crippen LogP contribution < -0.4 is 0 Å². The van der Waals surface area contributed by atoms with Gasteiger partial charge in [-0.15, -0.1) is 0 Å². The van der Waals surface area contributed by atoms with Crippen LogP contribution >= 0.6 is 0 Å². The summed E-state index contributed by atoms with van der Waals surface area (Å²) in [6.07, 6.45) is -6.33. The van der Waals surface area contributed by atoms with E-state index in [4.69, 9.17) is 9.78 Å². The van der Waals surface area contributed by atoms with Crippen molar-refractivity contribution in [2.24, 2.45) is 11.8 Å². The lowest BCUT2D eigenvalue weighted by Crippen LogP contribution is -2.51. The number of benzene rings is 1. The van der Waals surface area contributed by atoms with E-state index in [-0.39, 0.29) is 41.1 Å². The summed E-state index contributed by atoms with van der Waals surface area (Å²) in [5.74, 6) is -0.531. The Morgan fingerprint density at radius 2 is 1.84 bits per heavy atom. The maximum absolute atomic E-state index is 13.4. The Kier molecular flexibility index (Phi) is 5.36. The zero-order valence-electron chi connectivity index (χ0n) is 17.1. The molecule has 2 aromatic rings. The summed E-state index contributed by atoms with van der Waals surface area (Å²) in [4.78, 5) is 26.5. The number of alkyl halides is 6. The van der Waals surface area contributed by atoms with Crippen LogP contribution in [-0.2, 0) is 26.9 Å². The average molecular weight is 459 g/mol. The van der Waals surface area contributed by atoms with Crippen molar-refractivity contribution in [3.05, 3.63) is 47.2 Å². The molecule has 10 heteroatoms. The van der Waals surface area contributed by atoms with Crippen molar-refractivity contribution in [3.8, 4) is 0 Å². The number of pyridine rings is 1. The van der Waals surface area contributed by atoms with Gasteiger partial charge in [0.15, 0.2) is 0 Å². The third-order valence-electron chi connectivity index (χ3n) is 6.25. The molecule has 1 aliphatic heterocycles. The normalized spacial score (nSPS) is 29.1. The molecular formula is C22H19F6NO3. The van der Waals surface area contributed by atoms with Crippen molar-refractivity contribution in [2.45, 2.75) is 50.7 Å². The minimum Gasteiger partial charge on any atom is -0.299 e. The highest BCUT2D eigenvalue weighted by Gasteiger charge is 2.48. The number of halogens is 6. The number of Topliss-reactive ketones (excluding diaryl/α,β-unsaturated/α-hetero) is 1. The molecule has 2 aliphatic rings. The molecule has 4 atom stereocenters. The second-order valence-corrected chi connectivity index (χ2v) is 8.45. The van der Waals surface area contributed by atoms with Crippen LogP contribution in [0.2, 0.25) is 0 Å². The lowest BCUT2D eigenvalue weighted by Gasteiger charge is -2.45. The number of fused-ring (bicyclic) bond motifs is 3. The second kappa shape index (κ2) is 7.55. The van der Waals surface area contributed by atoms with Crippen molar-refractivity contribution in [2.75, 3.05) is 0 Å². The number of carbonyl (C=O) groups is 1. The summed E-state index contributed by atoms with van der Waals surface area (Å²) in [5.41, 5.74) is -3.90. The first kappa shape index (κ1) is 22.7. The fraction of sp³-hybridized carbons (Fsp3) is 0.455. The predicted molar refractivity (Wildman–Crippen MR) is 102 cm³/mol. The fourth-order valence-corrected chi connectivity index (χ4v) is 4.13. The molecule has 1 aliphatic carbocycles. The number of aromatic nitrogens is 1. The summed E-state index contributed by atoms with van der Waals surface area (Å²) < 4.78 is 79.2. The molecule has 0 amide bonds. The first-order valence-electron chi connectivity index (χ1n) is 9.93. The molecule has 1 aromatic heterocycles. The van der Waals surface area contributed by atoms with E-state index in [1.54, 1.807) is 13.8 Å². The molecule has 0 spiro atoms. The Morgan fingerprint density at radius 1 is 1.12 bits per heavy atom. The fourth-order valence-electron chi connectivity index (χ4n) is 4.13. The third-order valence-corrected chi connectivity index (χ3v) is 6.25. The van der Waals surface area contributed by atoms with Gasteiger partial charge < -0.3 is 0 Å². The van der Waals surface area contributed by atoms with E-state index < -0.39 is 34.7 Å². The zero-order valence-corrected chi connectivity index (χ0v) is 17.1. The van der Waals surface area contributed by atoms with E-state index in [1.807, 2.05) is 0 Å². The van der Waals surface area contributed by atoms with Crippen LogP contribution in [0.4, 0.5) is 26.3 Å². The van der Waals surface area contributed by atoms with E-state index in [0.717, 1.165) is 18.2 Å². The lowest BCUT2D eigenvalue weighted by atomic mass is 9.71. The molecule has 2 heterocycles. The molecule has 1 aromatic carbocycles. The number of carbonyl (C=O) groups excluding carboxylic acids is 1. The average Bonchev–Trinajstić information content (AvgIpc) is 2.70. The molecule has 4 unspecified atom stereocenters. The SMILES string of the molecule is CC1C(=O)CC2CC1OOC2(C)/C=C\c1cc(C(F)(F)F)nc2cc(C(F)(F)F)ccc12. The van der Waals surface area contributed by atoms with Gasteiger partial charge in [-0.25, -0.2) is 14.8 Å². The molecule has 4 rings (SSSR count). The highest BCUT2D eigenvalue weighted by atomic mass is 19.4. The summed E-state index contributed by atoms with van der Waals surface area (Å²) in [7, 11) is 0. The molecule has 172 valence electrons. The summed E-state index contributed by atoms with van der Waals surface area (Å²) in [5, 5.41) is 0.119. The van der Waals surface area contributed by atoms with Crippen LogP contribution in [0.25, 0.3) is 17.0 Å². The highest BCUT2D eigenvalue weighted by Crippen LogP contribution is 2.43. The van der Waals surface area contributed by atoms with Crippen molar-refractivity contribution < 1.29 is 40.9 Å². The Labute approximate surface area is 179 Å². The molecule has 0 radical (unpaired) electrons. The molecular weight excluding hydrogens is 440 g/mol. The summed E-state index contributed by atoms with van der Waals surface area (Å²) in [6.45, 7) is 3.41. The number of hydrogen-bond donors (Lipinski definition) is 0. The van der Waals surface area contributed by atoms with Crippen LogP contribution in [0.5, 0.6) is 0 Å². The summed E-state index contributed by atoms with van der Waals surface area (Å²) >= 11 is 0. The van der Waals surface area contributed by atoms with E-state index in [2.05, 4.69) is 4.98 Å². The molecule has 1 saturated carbocycles. The van der Waals surface area contributed by atoms with E-state index >= 15 is 0 Å². The van der Waals surface area contributed by atoms with Crippen molar-refractivity contribution in [1.29, 1.82) is 0 Å². The van der Waals surface area contributed by atoms with Crippen molar-refractivity contribution in [3.63, 3.8) is 0 Å². The Balaban J connectivity index is 1.76. The van der Waals surface area contributed by atoms with Crippen LogP contribution in [0, 0.1) is 11.8 Å². The monoisotopic (exact) mass is 459 g/mol. The van der Waals surface area contributed by atoms with Gasteiger partial charge >= 0.3 is 12.4 Å². The lowest BCUT2D eigenvalue weighted by molar-refractivity contribution is -0.415. The van der Waals surface area contributed by atoms with E-state index in [9.17, 15) is 31.1 Å². The third kappa shape index (κ3) is 4.13. The Bertz CT molecular complexity index is 1090. The van der Waals surface area contributed by atoms with Gasteiger partial charge in [0.05, 0.1) is 11.1 Å². The Morgan fingerprint density at radius 3 is 2.50 bits per heavy atom.